The molecule has 0 saturated heterocycles. The van der Waals surface area contributed by atoms with Crippen LogP contribution in [-0.4, -0.2) is 36.8 Å². The quantitative estimate of drug-likeness (QED) is 0.686. The third-order valence-corrected chi connectivity index (χ3v) is 2.97. The molecule has 0 radical (unpaired) electrons. The lowest BCUT2D eigenvalue weighted by molar-refractivity contribution is 0.283. The predicted molar refractivity (Wildman–Crippen MR) is 77.1 cm³/mol. The monoisotopic (exact) mass is 287 g/mol. The number of rotatable bonds is 9. The average Bonchev–Trinajstić information content (AvgIpc) is 2.42. The Morgan fingerprint density at radius 2 is 2.00 bits per heavy atom. The zero-order valence-corrected chi connectivity index (χ0v) is 12.1. The van der Waals surface area contributed by atoms with Crippen LogP contribution in [-0.2, 0) is 0 Å². The molecule has 2 N–H and O–H groups in total. The lowest BCUT2D eigenvalue weighted by Crippen LogP contribution is -2.22. The number of nitrogens with one attached hydrogen (secondary N) is 1. The van der Waals surface area contributed by atoms with Crippen LogP contribution in [0.3, 0.4) is 0 Å². The minimum atomic E-state index is -0.673. The molecule has 6 heteroatoms. The molecule has 0 aliphatic rings. The Kier molecular flexibility index (Phi) is 7.22. The first-order valence-electron chi connectivity index (χ1n) is 7.02. The van der Waals surface area contributed by atoms with Crippen LogP contribution in [0.4, 0.5) is 20.4 Å². The van der Waals surface area contributed by atoms with Crippen molar-refractivity contribution in [3.05, 3.63) is 17.7 Å². The summed E-state index contributed by atoms with van der Waals surface area (Å²) in [4.78, 5) is 5.69. The van der Waals surface area contributed by atoms with Crippen LogP contribution in [0.25, 0.3) is 0 Å². The first-order chi connectivity index (χ1) is 9.60. The van der Waals surface area contributed by atoms with E-state index >= 15 is 0 Å². The van der Waals surface area contributed by atoms with Gasteiger partial charge in [0.05, 0.1) is 0 Å². The second-order valence-electron chi connectivity index (χ2n) is 4.76. The van der Waals surface area contributed by atoms with Crippen molar-refractivity contribution in [2.24, 2.45) is 0 Å². The molecule has 1 heterocycles. The average molecular weight is 287 g/mol. The molecule has 0 saturated carbocycles. The van der Waals surface area contributed by atoms with E-state index in [0.717, 1.165) is 31.7 Å². The second kappa shape index (κ2) is 8.68. The molecular formula is C14H23F2N3O. The van der Waals surface area contributed by atoms with Gasteiger partial charge in [-0.15, -0.1) is 0 Å². The molecule has 1 rings (SSSR count). The summed E-state index contributed by atoms with van der Waals surface area (Å²) in [5, 5.41) is 11.6. The fourth-order valence-electron chi connectivity index (χ4n) is 1.84. The topological polar surface area (TPSA) is 48.4 Å². The number of aromatic nitrogens is 1. The first kappa shape index (κ1) is 16.6. The summed E-state index contributed by atoms with van der Waals surface area (Å²) in [6.45, 7) is 3.33. The lowest BCUT2D eigenvalue weighted by atomic mass is 10.2. The number of aliphatic hydroxyl groups is 1. The number of hydrogen-bond donors (Lipinski definition) is 2. The van der Waals surface area contributed by atoms with E-state index in [0.29, 0.717) is 13.1 Å². The van der Waals surface area contributed by atoms with Gasteiger partial charge in [0.15, 0.2) is 23.3 Å². The van der Waals surface area contributed by atoms with Crippen molar-refractivity contribution in [3.63, 3.8) is 0 Å². The van der Waals surface area contributed by atoms with E-state index in [4.69, 9.17) is 5.11 Å². The van der Waals surface area contributed by atoms with Gasteiger partial charge < -0.3 is 15.3 Å². The minimum Gasteiger partial charge on any atom is -0.396 e. The molecule has 0 aromatic carbocycles. The molecule has 20 heavy (non-hydrogen) atoms. The lowest BCUT2D eigenvalue weighted by Gasteiger charge is -2.20. The molecule has 114 valence electrons. The van der Waals surface area contributed by atoms with Crippen LogP contribution in [0.15, 0.2) is 6.07 Å². The highest BCUT2D eigenvalue weighted by Gasteiger charge is 2.14. The molecule has 0 aliphatic heterocycles. The predicted octanol–water partition coefficient (Wildman–Crippen LogP) is 2.78. The molecule has 0 bridgehead atoms. The fourth-order valence-corrected chi connectivity index (χ4v) is 1.84. The van der Waals surface area contributed by atoms with Gasteiger partial charge in [0.1, 0.15) is 0 Å². The SMILES string of the molecule is CCCNc1nc(N(C)CCCCCO)c(F)cc1F. The van der Waals surface area contributed by atoms with E-state index in [1.54, 1.807) is 11.9 Å². The van der Waals surface area contributed by atoms with Crippen LogP contribution >= 0.6 is 0 Å². The van der Waals surface area contributed by atoms with Crippen molar-refractivity contribution in [1.29, 1.82) is 0 Å². The van der Waals surface area contributed by atoms with Gasteiger partial charge in [0.25, 0.3) is 0 Å². The van der Waals surface area contributed by atoms with Gasteiger partial charge in [0.2, 0.25) is 0 Å². The Morgan fingerprint density at radius 1 is 1.25 bits per heavy atom. The molecule has 0 amide bonds. The first-order valence-corrected chi connectivity index (χ1v) is 7.02. The molecule has 1 aromatic heterocycles. The smallest absolute Gasteiger partial charge is 0.168 e. The third-order valence-electron chi connectivity index (χ3n) is 2.97. The van der Waals surface area contributed by atoms with Crippen LogP contribution < -0.4 is 10.2 Å². The maximum absolute atomic E-state index is 13.8. The molecule has 4 nitrogen and oxygen atoms in total. The number of pyridine rings is 1. The zero-order chi connectivity index (χ0) is 15.0. The number of hydrogen-bond acceptors (Lipinski definition) is 4. The number of aliphatic hydroxyl groups excluding tert-OH is 1. The molecule has 0 atom stereocenters. The van der Waals surface area contributed by atoms with Gasteiger partial charge in [-0.25, -0.2) is 13.8 Å². The summed E-state index contributed by atoms with van der Waals surface area (Å²) in [5.74, 6) is -1.10. The summed E-state index contributed by atoms with van der Waals surface area (Å²) in [7, 11) is 1.73. The van der Waals surface area contributed by atoms with Gasteiger partial charge in [-0.1, -0.05) is 6.92 Å². The molecule has 0 spiro atoms. The van der Waals surface area contributed by atoms with Crippen molar-refractivity contribution in [2.45, 2.75) is 32.6 Å². The van der Waals surface area contributed by atoms with Crippen molar-refractivity contribution in [2.75, 3.05) is 37.0 Å². The summed E-state index contributed by atoms with van der Waals surface area (Å²) in [6.07, 6.45) is 3.26. The maximum atomic E-state index is 13.8. The van der Waals surface area contributed by atoms with Crippen LogP contribution in [0.2, 0.25) is 0 Å². The van der Waals surface area contributed by atoms with Crippen molar-refractivity contribution in [1.82, 2.24) is 4.98 Å². The van der Waals surface area contributed by atoms with Crippen molar-refractivity contribution in [3.8, 4) is 0 Å². The summed E-state index contributed by atoms with van der Waals surface area (Å²) in [5.41, 5.74) is 0. The van der Waals surface area contributed by atoms with Crippen LogP contribution in [0.5, 0.6) is 0 Å². The number of anilines is 2. The molecule has 0 aliphatic carbocycles. The standard InChI is InChI=1S/C14H23F2N3O/c1-3-7-17-13-11(15)10-12(16)14(18-13)19(2)8-5-4-6-9-20/h10,20H,3-9H2,1-2H3,(H,17,18). The Hall–Kier alpha value is -1.43. The minimum absolute atomic E-state index is 0.0884. The van der Waals surface area contributed by atoms with E-state index in [-0.39, 0.29) is 18.2 Å². The van der Waals surface area contributed by atoms with E-state index in [1.807, 2.05) is 6.92 Å². The van der Waals surface area contributed by atoms with E-state index in [9.17, 15) is 8.78 Å². The van der Waals surface area contributed by atoms with E-state index < -0.39 is 11.6 Å². The highest BCUT2D eigenvalue weighted by Crippen LogP contribution is 2.22. The van der Waals surface area contributed by atoms with Gasteiger partial charge in [-0.2, -0.15) is 0 Å². The zero-order valence-electron chi connectivity index (χ0n) is 12.1. The van der Waals surface area contributed by atoms with E-state index in [1.165, 1.54) is 0 Å². The van der Waals surface area contributed by atoms with Gasteiger partial charge in [-0.05, 0) is 25.7 Å². The Balaban J connectivity index is 2.71. The Morgan fingerprint density at radius 3 is 2.65 bits per heavy atom. The van der Waals surface area contributed by atoms with Crippen molar-refractivity contribution < 1.29 is 13.9 Å². The summed E-state index contributed by atoms with van der Waals surface area (Å²) in [6, 6.07) is 0.866. The number of halogens is 2. The third kappa shape index (κ3) is 4.92. The molecule has 0 unspecified atom stereocenters. The summed E-state index contributed by atoms with van der Waals surface area (Å²) < 4.78 is 27.3. The van der Waals surface area contributed by atoms with Gasteiger partial charge >= 0.3 is 0 Å². The highest BCUT2D eigenvalue weighted by atomic mass is 19.1. The van der Waals surface area contributed by atoms with Crippen LogP contribution in [0.1, 0.15) is 32.6 Å². The summed E-state index contributed by atoms with van der Waals surface area (Å²) >= 11 is 0. The van der Waals surface area contributed by atoms with Gasteiger partial charge in [-0.3, -0.25) is 0 Å². The normalized spacial score (nSPS) is 10.7. The largest absolute Gasteiger partial charge is 0.396 e. The van der Waals surface area contributed by atoms with E-state index in [2.05, 4.69) is 10.3 Å². The fraction of sp³-hybridized carbons (Fsp3) is 0.643. The Bertz CT molecular complexity index is 416. The highest BCUT2D eigenvalue weighted by molar-refractivity contribution is 5.48. The second-order valence-corrected chi connectivity index (χ2v) is 4.76. The molecule has 1 aromatic rings. The van der Waals surface area contributed by atoms with Crippen LogP contribution in [0, 0.1) is 11.6 Å². The van der Waals surface area contributed by atoms with Gasteiger partial charge in [0, 0.05) is 32.8 Å². The Labute approximate surface area is 118 Å². The molecular weight excluding hydrogens is 264 g/mol. The molecule has 0 fully saturated rings. The van der Waals surface area contributed by atoms with Crippen molar-refractivity contribution >= 4 is 11.6 Å². The maximum Gasteiger partial charge on any atom is 0.168 e. The number of nitrogens with zero attached hydrogens (tertiary/aromatic N) is 2. The number of unbranched alkanes of at least 4 members (excludes halogenated alkanes) is 2.